The molecular weight excluding hydrogens is 278 g/mol. The molecule has 0 aliphatic heterocycles. The summed E-state index contributed by atoms with van der Waals surface area (Å²) in [6.07, 6.45) is 0. The zero-order valence-corrected chi connectivity index (χ0v) is 12.8. The van der Waals surface area contributed by atoms with E-state index in [-0.39, 0.29) is 18.2 Å². The monoisotopic (exact) mass is 302 g/mol. The molecule has 0 heterocycles. The van der Waals surface area contributed by atoms with Crippen LogP contribution in [0, 0.1) is 11.6 Å². The van der Waals surface area contributed by atoms with Crippen molar-refractivity contribution in [3.05, 3.63) is 35.4 Å². The lowest BCUT2D eigenvalue weighted by Gasteiger charge is -2.36. The van der Waals surface area contributed by atoms with Crippen LogP contribution in [0.2, 0.25) is 0 Å². The lowest BCUT2D eigenvalue weighted by Crippen LogP contribution is -2.44. The molecule has 0 amide bonds. The Morgan fingerprint density at radius 1 is 1.24 bits per heavy atom. The van der Waals surface area contributed by atoms with Gasteiger partial charge in [0, 0.05) is 38.9 Å². The minimum absolute atomic E-state index is 0.00127. The minimum Gasteiger partial charge on any atom is -0.383 e. The topological polar surface area (TPSA) is 47.7 Å². The molecule has 4 nitrogen and oxygen atoms in total. The Kier molecular flexibility index (Phi) is 7.74. The third-order valence-corrected chi connectivity index (χ3v) is 3.49. The summed E-state index contributed by atoms with van der Waals surface area (Å²) in [5, 5.41) is 0. The molecule has 21 heavy (non-hydrogen) atoms. The molecule has 0 spiro atoms. The smallest absolute Gasteiger partial charge is 0.163 e. The van der Waals surface area contributed by atoms with Gasteiger partial charge < -0.3 is 15.2 Å². The van der Waals surface area contributed by atoms with Gasteiger partial charge in [0.2, 0.25) is 0 Å². The lowest BCUT2D eigenvalue weighted by molar-refractivity contribution is 0.0475. The van der Waals surface area contributed by atoms with E-state index >= 15 is 0 Å². The molecule has 2 N–H and O–H groups in total. The molecular formula is C15H24F2N2O2. The molecule has 0 fully saturated rings. The van der Waals surface area contributed by atoms with Crippen LogP contribution in [0.3, 0.4) is 0 Å². The number of halogens is 2. The maximum atomic E-state index is 14.1. The SMILES string of the molecule is COCCN(C(C)COC)C(CN)c1cccc(F)c1F. The van der Waals surface area contributed by atoms with Gasteiger partial charge >= 0.3 is 0 Å². The summed E-state index contributed by atoms with van der Waals surface area (Å²) < 4.78 is 37.8. The molecule has 2 atom stereocenters. The van der Waals surface area contributed by atoms with Crippen LogP contribution in [-0.2, 0) is 9.47 Å². The van der Waals surface area contributed by atoms with E-state index in [1.54, 1.807) is 20.3 Å². The van der Waals surface area contributed by atoms with Gasteiger partial charge in [-0.1, -0.05) is 12.1 Å². The average molecular weight is 302 g/mol. The number of methoxy groups -OCH3 is 2. The summed E-state index contributed by atoms with van der Waals surface area (Å²) in [5.41, 5.74) is 6.08. The van der Waals surface area contributed by atoms with E-state index < -0.39 is 17.7 Å². The van der Waals surface area contributed by atoms with Crippen molar-refractivity contribution in [1.29, 1.82) is 0 Å². The van der Waals surface area contributed by atoms with E-state index in [2.05, 4.69) is 0 Å². The summed E-state index contributed by atoms with van der Waals surface area (Å²) in [5.74, 6) is -1.71. The van der Waals surface area contributed by atoms with Crippen LogP contribution in [0.4, 0.5) is 8.78 Å². The first-order valence-corrected chi connectivity index (χ1v) is 6.94. The normalized spacial score (nSPS) is 14.4. The quantitative estimate of drug-likeness (QED) is 0.757. The maximum absolute atomic E-state index is 14.1. The third-order valence-electron chi connectivity index (χ3n) is 3.49. The fraction of sp³-hybridized carbons (Fsp3) is 0.600. The van der Waals surface area contributed by atoms with Gasteiger partial charge in [0.1, 0.15) is 0 Å². The van der Waals surface area contributed by atoms with Crippen molar-refractivity contribution in [2.75, 3.05) is 40.5 Å². The fourth-order valence-electron chi connectivity index (χ4n) is 2.44. The highest BCUT2D eigenvalue weighted by atomic mass is 19.2. The molecule has 0 saturated heterocycles. The summed E-state index contributed by atoms with van der Waals surface area (Å²) >= 11 is 0. The summed E-state index contributed by atoms with van der Waals surface area (Å²) in [6.45, 7) is 3.63. The lowest BCUT2D eigenvalue weighted by atomic mass is 10.0. The molecule has 0 aliphatic rings. The highest BCUT2D eigenvalue weighted by molar-refractivity contribution is 5.23. The van der Waals surface area contributed by atoms with E-state index in [1.165, 1.54) is 6.07 Å². The Hall–Kier alpha value is -1.08. The first-order chi connectivity index (χ1) is 10.1. The first kappa shape index (κ1) is 18.0. The molecule has 1 aromatic carbocycles. The largest absolute Gasteiger partial charge is 0.383 e. The Morgan fingerprint density at radius 3 is 2.52 bits per heavy atom. The number of hydrogen-bond acceptors (Lipinski definition) is 4. The van der Waals surface area contributed by atoms with Crippen LogP contribution in [0.15, 0.2) is 18.2 Å². The van der Waals surface area contributed by atoms with E-state index in [0.29, 0.717) is 19.8 Å². The van der Waals surface area contributed by atoms with Crippen LogP contribution >= 0.6 is 0 Å². The van der Waals surface area contributed by atoms with Gasteiger partial charge in [0.05, 0.1) is 19.3 Å². The van der Waals surface area contributed by atoms with Crippen molar-refractivity contribution in [3.8, 4) is 0 Å². The molecule has 0 bridgehead atoms. The highest BCUT2D eigenvalue weighted by Gasteiger charge is 2.27. The summed E-state index contributed by atoms with van der Waals surface area (Å²) in [4.78, 5) is 1.98. The van der Waals surface area contributed by atoms with Crippen molar-refractivity contribution < 1.29 is 18.3 Å². The van der Waals surface area contributed by atoms with Crippen LogP contribution < -0.4 is 5.73 Å². The average Bonchev–Trinajstić information content (AvgIpc) is 2.47. The Bertz CT molecular complexity index is 432. The van der Waals surface area contributed by atoms with Gasteiger partial charge in [-0.3, -0.25) is 4.90 Å². The predicted molar refractivity (Wildman–Crippen MR) is 78.1 cm³/mol. The molecule has 0 saturated carbocycles. The van der Waals surface area contributed by atoms with E-state index in [0.717, 1.165) is 6.07 Å². The van der Waals surface area contributed by atoms with E-state index in [9.17, 15) is 8.78 Å². The highest BCUT2D eigenvalue weighted by Crippen LogP contribution is 2.25. The van der Waals surface area contributed by atoms with Crippen LogP contribution in [-0.4, -0.2) is 51.5 Å². The van der Waals surface area contributed by atoms with Crippen LogP contribution in [0.1, 0.15) is 18.5 Å². The van der Waals surface area contributed by atoms with Crippen molar-refractivity contribution >= 4 is 0 Å². The van der Waals surface area contributed by atoms with Gasteiger partial charge in [0.15, 0.2) is 11.6 Å². The number of benzene rings is 1. The second-order valence-corrected chi connectivity index (χ2v) is 4.93. The standard InChI is InChI=1S/C15H24F2N2O2/c1-11(10-21-3)19(7-8-20-2)14(9-18)12-5-4-6-13(16)15(12)17/h4-6,11,14H,7-10,18H2,1-3H3. The number of ether oxygens (including phenoxy) is 2. The van der Waals surface area contributed by atoms with Crippen molar-refractivity contribution in [2.24, 2.45) is 5.73 Å². The Labute approximate surface area is 124 Å². The zero-order valence-electron chi connectivity index (χ0n) is 12.8. The molecule has 1 rings (SSSR count). The van der Waals surface area contributed by atoms with Gasteiger partial charge in [-0.15, -0.1) is 0 Å². The van der Waals surface area contributed by atoms with E-state index in [1.807, 2.05) is 11.8 Å². The van der Waals surface area contributed by atoms with Gasteiger partial charge in [0.25, 0.3) is 0 Å². The Balaban J connectivity index is 3.07. The molecule has 120 valence electrons. The molecule has 1 aromatic rings. The second-order valence-electron chi connectivity index (χ2n) is 4.93. The summed E-state index contributed by atoms with van der Waals surface area (Å²) in [6, 6.07) is 3.73. The molecule has 6 heteroatoms. The number of rotatable bonds is 9. The molecule has 0 aromatic heterocycles. The molecule has 0 radical (unpaired) electrons. The fourth-order valence-corrected chi connectivity index (χ4v) is 2.44. The van der Waals surface area contributed by atoms with Crippen molar-refractivity contribution in [3.63, 3.8) is 0 Å². The van der Waals surface area contributed by atoms with Crippen LogP contribution in [0.5, 0.6) is 0 Å². The molecule has 0 aliphatic carbocycles. The molecule has 2 unspecified atom stereocenters. The van der Waals surface area contributed by atoms with Crippen LogP contribution in [0.25, 0.3) is 0 Å². The predicted octanol–water partition coefficient (Wildman–Crippen LogP) is 1.95. The van der Waals surface area contributed by atoms with Gasteiger partial charge in [-0.25, -0.2) is 8.78 Å². The van der Waals surface area contributed by atoms with Gasteiger partial charge in [-0.05, 0) is 13.0 Å². The van der Waals surface area contributed by atoms with Crippen molar-refractivity contribution in [2.45, 2.75) is 19.0 Å². The number of nitrogens with zero attached hydrogens (tertiary/aromatic N) is 1. The number of nitrogens with two attached hydrogens (primary N) is 1. The third kappa shape index (κ3) is 4.71. The first-order valence-electron chi connectivity index (χ1n) is 6.94. The minimum atomic E-state index is -0.864. The number of hydrogen-bond donors (Lipinski definition) is 1. The van der Waals surface area contributed by atoms with Gasteiger partial charge in [-0.2, -0.15) is 0 Å². The van der Waals surface area contributed by atoms with Crippen molar-refractivity contribution in [1.82, 2.24) is 4.90 Å². The Morgan fingerprint density at radius 2 is 1.95 bits per heavy atom. The maximum Gasteiger partial charge on any atom is 0.163 e. The zero-order chi connectivity index (χ0) is 15.8. The second kappa shape index (κ2) is 9.04. The summed E-state index contributed by atoms with van der Waals surface area (Å²) in [7, 11) is 3.20. The van der Waals surface area contributed by atoms with E-state index in [4.69, 9.17) is 15.2 Å².